The molecule has 0 N–H and O–H groups in total. The van der Waals surface area contributed by atoms with Gasteiger partial charge in [-0.1, -0.05) is 54.6 Å². The van der Waals surface area contributed by atoms with Gasteiger partial charge in [0.25, 0.3) is 0 Å². The standard InChI is InChI=1S/C21H21O4P.Fe/c1-16-10-4-7-13-19(16)23-26(22,24-20-14-8-5-11-17(20)2)25-21-15-9-6-12-18(21)3;/h4-15H,1-3H3;. The van der Waals surface area contributed by atoms with E-state index in [1.807, 2.05) is 75.4 Å². The topological polar surface area (TPSA) is 44.8 Å². The van der Waals surface area contributed by atoms with Gasteiger partial charge in [0.1, 0.15) is 17.2 Å². The third-order valence-corrected chi connectivity index (χ3v) is 5.17. The van der Waals surface area contributed by atoms with Gasteiger partial charge in [-0.15, -0.1) is 0 Å². The molecule has 0 amide bonds. The maximum Gasteiger partial charge on any atom is 0.647 e. The van der Waals surface area contributed by atoms with Crippen molar-refractivity contribution in [1.29, 1.82) is 0 Å². The molecule has 4 nitrogen and oxygen atoms in total. The summed E-state index contributed by atoms with van der Waals surface area (Å²) in [5.74, 6) is 1.37. The minimum atomic E-state index is -3.97. The monoisotopic (exact) mass is 424 g/mol. The smallest absolute Gasteiger partial charge is 0.386 e. The molecule has 0 fully saturated rings. The largest absolute Gasteiger partial charge is 0.647 e. The van der Waals surface area contributed by atoms with Crippen molar-refractivity contribution in [2.24, 2.45) is 0 Å². The van der Waals surface area contributed by atoms with Crippen LogP contribution in [0.4, 0.5) is 0 Å². The molecule has 0 aliphatic rings. The first kappa shape index (κ1) is 21.1. The number of hydrogen-bond acceptors (Lipinski definition) is 4. The maximum absolute atomic E-state index is 13.5. The molecule has 0 heterocycles. The van der Waals surface area contributed by atoms with E-state index in [4.69, 9.17) is 13.6 Å². The van der Waals surface area contributed by atoms with Crippen molar-refractivity contribution in [3.05, 3.63) is 89.5 Å². The number of phosphoric acid groups is 1. The Balaban J connectivity index is 0.00000261. The quantitative estimate of drug-likeness (QED) is 0.347. The molecule has 27 heavy (non-hydrogen) atoms. The fraction of sp³-hybridized carbons (Fsp3) is 0.143. The van der Waals surface area contributed by atoms with Crippen molar-refractivity contribution in [2.75, 3.05) is 0 Å². The van der Waals surface area contributed by atoms with E-state index in [1.54, 1.807) is 18.2 Å². The Labute approximate surface area is 170 Å². The maximum atomic E-state index is 13.5. The summed E-state index contributed by atoms with van der Waals surface area (Å²) in [5, 5.41) is 0. The molecule has 0 aliphatic heterocycles. The molecule has 0 saturated heterocycles. The SMILES string of the molecule is Cc1ccccc1OP(=O)(Oc1ccccc1C)Oc1ccccc1C.[Fe]. The molecular formula is C21H21FeO4P. The van der Waals surface area contributed by atoms with Gasteiger partial charge in [0.05, 0.1) is 0 Å². The predicted molar refractivity (Wildman–Crippen MR) is 103 cm³/mol. The van der Waals surface area contributed by atoms with Gasteiger partial charge in [0.2, 0.25) is 0 Å². The van der Waals surface area contributed by atoms with Crippen molar-refractivity contribution in [3.8, 4) is 17.2 Å². The van der Waals surface area contributed by atoms with E-state index in [2.05, 4.69) is 0 Å². The number of rotatable bonds is 6. The van der Waals surface area contributed by atoms with Crippen molar-refractivity contribution in [2.45, 2.75) is 20.8 Å². The van der Waals surface area contributed by atoms with E-state index in [0.29, 0.717) is 17.2 Å². The summed E-state index contributed by atoms with van der Waals surface area (Å²) in [7, 11) is -3.97. The second-order valence-electron chi connectivity index (χ2n) is 6.02. The van der Waals surface area contributed by atoms with Gasteiger partial charge < -0.3 is 13.6 Å². The zero-order chi connectivity index (χ0) is 18.6. The molecule has 3 aromatic carbocycles. The Kier molecular flexibility index (Phi) is 7.15. The van der Waals surface area contributed by atoms with Gasteiger partial charge in [-0.25, -0.2) is 0 Å². The van der Waals surface area contributed by atoms with Gasteiger partial charge in [0.15, 0.2) is 0 Å². The summed E-state index contributed by atoms with van der Waals surface area (Å²) in [4.78, 5) is 0. The van der Waals surface area contributed by atoms with Crippen LogP contribution in [-0.4, -0.2) is 0 Å². The summed E-state index contributed by atoms with van der Waals surface area (Å²) in [6.45, 7) is 5.63. The van der Waals surface area contributed by atoms with Crippen LogP contribution in [0.5, 0.6) is 17.2 Å². The fourth-order valence-electron chi connectivity index (χ4n) is 2.39. The van der Waals surface area contributed by atoms with E-state index in [1.165, 1.54) is 0 Å². The molecular weight excluding hydrogens is 403 g/mol. The minimum Gasteiger partial charge on any atom is -0.386 e. The molecule has 0 aromatic heterocycles. The normalized spacial score (nSPS) is 10.6. The van der Waals surface area contributed by atoms with Crippen LogP contribution < -0.4 is 13.6 Å². The van der Waals surface area contributed by atoms with Gasteiger partial charge in [0, 0.05) is 17.1 Å². The minimum absolute atomic E-state index is 0. The van der Waals surface area contributed by atoms with E-state index in [9.17, 15) is 4.57 Å². The van der Waals surface area contributed by atoms with E-state index < -0.39 is 7.82 Å². The van der Waals surface area contributed by atoms with Gasteiger partial charge in [-0.3, -0.25) is 0 Å². The first-order chi connectivity index (χ1) is 12.5. The fourth-order valence-corrected chi connectivity index (χ4v) is 3.84. The first-order valence-electron chi connectivity index (χ1n) is 8.32. The number of phosphoric ester groups is 1. The van der Waals surface area contributed by atoms with E-state index in [-0.39, 0.29) is 17.1 Å². The van der Waals surface area contributed by atoms with Gasteiger partial charge in [-0.2, -0.15) is 4.57 Å². The van der Waals surface area contributed by atoms with Crippen molar-refractivity contribution >= 4 is 7.82 Å². The number of aryl methyl sites for hydroxylation is 3. The molecule has 6 heteroatoms. The molecule has 0 saturated carbocycles. The third kappa shape index (κ3) is 5.40. The molecule has 0 atom stereocenters. The Morgan fingerprint density at radius 3 is 1.07 bits per heavy atom. The van der Waals surface area contributed by atoms with E-state index >= 15 is 0 Å². The van der Waals surface area contributed by atoms with Gasteiger partial charge >= 0.3 is 7.82 Å². The molecule has 0 aliphatic carbocycles. The molecule has 0 bridgehead atoms. The number of para-hydroxylation sites is 3. The number of hydrogen-bond donors (Lipinski definition) is 0. The van der Waals surface area contributed by atoms with Crippen LogP contribution in [0.1, 0.15) is 16.7 Å². The second kappa shape index (κ2) is 9.14. The molecule has 0 radical (unpaired) electrons. The average Bonchev–Trinajstić information content (AvgIpc) is 2.61. The van der Waals surface area contributed by atoms with Crippen molar-refractivity contribution in [1.82, 2.24) is 0 Å². The van der Waals surface area contributed by atoms with Gasteiger partial charge in [-0.05, 0) is 55.7 Å². The summed E-state index contributed by atoms with van der Waals surface area (Å²) in [6, 6.07) is 22.0. The first-order valence-corrected chi connectivity index (χ1v) is 9.79. The van der Waals surface area contributed by atoms with Crippen LogP contribution in [0.15, 0.2) is 72.8 Å². The predicted octanol–water partition coefficient (Wildman–Crippen LogP) is 6.25. The zero-order valence-corrected chi connectivity index (χ0v) is 17.4. The summed E-state index contributed by atoms with van der Waals surface area (Å²) in [5.41, 5.74) is 2.53. The van der Waals surface area contributed by atoms with Crippen LogP contribution in [0.2, 0.25) is 0 Å². The van der Waals surface area contributed by atoms with Crippen LogP contribution in [0, 0.1) is 20.8 Å². The Bertz CT molecular complexity index is 836. The average molecular weight is 424 g/mol. The molecule has 142 valence electrons. The van der Waals surface area contributed by atoms with E-state index in [0.717, 1.165) is 16.7 Å². The summed E-state index contributed by atoms with van der Waals surface area (Å²) >= 11 is 0. The Morgan fingerprint density at radius 2 is 0.815 bits per heavy atom. The van der Waals surface area contributed by atoms with Crippen LogP contribution in [0.3, 0.4) is 0 Å². The second-order valence-corrected chi connectivity index (χ2v) is 7.46. The van der Waals surface area contributed by atoms with Crippen LogP contribution >= 0.6 is 7.82 Å². The van der Waals surface area contributed by atoms with Crippen LogP contribution in [-0.2, 0) is 21.6 Å². The Hall–Kier alpha value is -2.19. The summed E-state index contributed by atoms with van der Waals surface area (Å²) in [6.07, 6.45) is 0. The van der Waals surface area contributed by atoms with Crippen LogP contribution in [0.25, 0.3) is 0 Å². The number of benzene rings is 3. The molecule has 3 aromatic rings. The molecule has 0 unspecified atom stereocenters. The molecule has 0 spiro atoms. The summed E-state index contributed by atoms with van der Waals surface area (Å²) < 4.78 is 30.8. The van der Waals surface area contributed by atoms with Crippen molar-refractivity contribution < 1.29 is 35.2 Å². The van der Waals surface area contributed by atoms with Crippen molar-refractivity contribution in [3.63, 3.8) is 0 Å². The zero-order valence-electron chi connectivity index (χ0n) is 15.4. The third-order valence-electron chi connectivity index (χ3n) is 3.91. The molecule has 3 rings (SSSR count). The Morgan fingerprint density at radius 1 is 0.556 bits per heavy atom.